The monoisotopic (exact) mass is 344 g/mol. The van der Waals surface area contributed by atoms with Gasteiger partial charge in [-0.15, -0.1) is 6.58 Å². The van der Waals surface area contributed by atoms with Gasteiger partial charge in [0.2, 0.25) is 5.95 Å². The lowest BCUT2D eigenvalue weighted by Gasteiger charge is -2.13. The van der Waals surface area contributed by atoms with Gasteiger partial charge in [-0.05, 0) is 31.5 Å². The summed E-state index contributed by atoms with van der Waals surface area (Å²) in [6.07, 6.45) is 3.22. The van der Waals surface area contributed by atoms with E-state index in [1.165, 1.54) is 0 Å². The number of benzene rings is 1. The highest BCUT2D eigenvalue weighted by Crippen LogP contribution is 2.26. The van der Waals surface area contributed by atoms with Crippen molar-refractivity contribution in [3.8, 4) is 17.2 Å². The standard InChI is InChI=1S/C18H24N4O3/c1-4-6-13-11-14(23-3)7-8-15(13)24-9-5-10-25-16-12(2)21-18(20)22-17(16)19/h4,7-8,11H,1,5-6,9-10H2,2-3H3,(H4,19,20,21,22). The van der Waals surface area contributed by atoms with Gasteiger partial charge in [0.1, 0.15) is 11.5 Å². The van der Waals surface area contributed by atoms with E-state index < -0.39 is 0 Å². The van der Waals surface area contributed by atoms with E-state index in [0.717, 1.165) is 17.1 Å². The number of allylic oxidation sites excluding steroid dienone is 1. The summed E-state index contributed by atoms with van der Waals surface area (Å²) in [6.45, 7) is 6.49. The van der Waals surface area contributed by atoms with Gasteiger partial charge < -0.3 is 25.7 Å². The third-order valence-electron chi connectivity index (χ3n) is 3.50. The minimum atomic E-state index is 0.139. The van der Waals surface area contributed by atoms with Gasteiger partial charge in [-0.3, -0.25) is 0 Å². The summed E-state index contributed by atoms with van der Waals surface area (Å²) in [5.41, 5.74) is 13.0. The van der Waals surface area contributed by atoms with Gasteiger partial charge in [-0.2, -0.15) is 4.98 Å². The van der Waals surface area contributed by atoms with Crippen LogP contribution in [0.3, 0.4) is 0 Å². The predicted molar refractivity (Wildman–Crippen MR) is 98.1 cm³/mol. The van der Waals surface area contributed by atoms with Crippen LogP contribution in [0.5, 0.6) is 17.2 Å². The topological polar surface area (TPSA) is 106 Å². The first-order valence-corrected chi connectivity index (χ1v) is 7.98. The molecule has 7 nitrogen and oxygen atoms in total. The maximum absolute atomic E-state index is 5.84. The number of nitrogen functional groups attached to an aromatic ring is 2. The molecule has 7 heteroatoms. The maximum atomic E-state index is 5.84. The minimum absolute atomic E-state index is 0.139. The number of hydrogen-bond acceptors (Lipinski definition) is 7. The zero-order valence-electron chi connectivity index (χ0n) is 14.6. The van der Waals surface area contributed by atoms with Crippen molar-refractivity contribution in [3.05, 3.63) is 42.1 Å². The zero-order valence-corrected chi connectivity index (χ0v) is 14.6. The predicted octanol–water partition coefficient (Wildman–Crippen LogP) is 2.53. The Hall–Kier alpha value is -2.96. The molecule has 0 atom stereocenters. The van der Waals surface area contributed by atoms with Crippen molar-refractivity contribution >= 4 is 11.8 Å². The summed E-state index contributed by atoms with van der Waals surface area (Å²) in [6, 6.07) is 5.71. The Balaban J connectivity index is 1.86. The number of aryl methyl sites for hydroxylation is 1. The fourth-order valence-electron chi connectivity index (χ4n) is 2.34. The summed E-state index contributed by atoms with van der Waals surface area (Å²) in [5.74, 6) is 2.45. The molecule has 1 aromatic carbocycles. The van der Waals surface area contributed by atoms with Crippen molar-refractivity contribution in [2.75, 3.05) is 31.8 Å². The smallest absolute Gasteiger partial charge is 0.222 e. The third kappa shape index (κ3) is 5.00. The normalized spacial score (nSPS) is 10.3. The van der Waals surface area contributed by atoms with Crippen LogP contribution in [0.15, 0.2) is 30.9 Å². The number of anilines is 2. The molecule has 0 aliphatic rings. The lowest BCUT2D eigenvalue weighted by atomic mass is 10.1. The zero-order chi connectivity index (χ0) is 18.2. The number of ether oxygens (including phenoxy) is 3. The highest BCUT2D eigenvalue weighted by molar-refractivity contribution is 5.51. The van der Waals surface area contributed by atoms with E-state index in [0.29, 0.717) is 37.5 Å². The van der Waals surface area contributed by atoms with Crippen LogP contribution in [0.4, 0.5) is 11.8 Å². The first kappa shape index (κ1) is 18.4. The molecule has 0 radical (unpaired) electrons. The number of rotatable bonds is 9. The van der Waals surface area contributed by atoms with Crippen LogP contribution in [-0.2, 0) is 6.42 Å². The molecule has 2 aromatic rings. The van der Waals surface area contributed by atoms with Gasteiger partial charge in [0.15, 0.2) is 11.6 Å². The highest BCUT2D eigenvalue weighted by Gasteiger charge is 2.09. The van der Waals surface area contributed by atoms with Gasteiger partial charge in [-0.25, -0.2) is 4.98 Å². The second-order valence-corrected chi connectivity index (χ2v) is 5.40. The second kappa shape index (κ2) is 8.77. The molecule has 0 amide bonds. The van der Waals surface area contributed by atoms with E-state index in [2.05, 4.69) is 16.5 Å². The van der Waals surface area contributed by atoms with Crippen molar-refractivity contribution in [2.24, 2.45) is 0 Å². The molecule has 1 heterocycles. The molecule has 25 heavy (non-hydrogen) atoms. The summed E-state index contributed by atoms with van der Waals surface area (Å²) >= 11 is 0. The molecule has 0 unspecified atom stereocenters. The minimum Gasteiger partial charge on any atom is -0.497 e. The SMILES string of the molecule is C=CCc1cc(OC)ccc1OCCCOc1c(C)nc(N)nc1N. The van der Waals surface area contributed by atoms with Crippen LogP contribution in [0, 0.1) is 6.92 Å². The Morgan fingerprint density at radius 2 is 1.92 bits per heavy atom. The number of nitrogens with two attached hydrogens (primary N) is 2. The van der Waals surface area contributed by atoms with Crippen LogP contribution in [0.1, 0.15) is 17.7 Å². The molecule has 0 bridgehead atoms. The molecule has 0 saturated carbocycles. The van der Waals surface area contributed by atoms with Crippen molar-refractivity contribution < 1.29 is 14.2 Å². The number of methoxy groups -OCH3 is 1. The first-order valence-electron chi connectivity index (χ1n) is 7.98. The van der Waals surface area contributed by atoms with Gasteiger partial charge in [0.05, 0.1) is 26.0 Å². The Kier molecular flexibility index (Phi) is 6.45. The fraction of sp³-hybridized carbons (Fsp3) is 0.333. The lowest BCUT2D eigenvalue weighted by Crippen LogP contribution is -2.10. The van der Waals surface area contributed by atoms with Crippen LogP contribution in [-0.4, -0.2) is 30.3 Å². The van der Waals surface area contributed by atoms with Crippen LogP contribution < -0.4 is 25.7 Å². The van der Waals surface area contributed by atoms with E-state index in [1.807, 2.05) is 24.3 Å². The Bertz CT molecular complexity index is 711. The number of nitrogens with zero attached hydrogens (tertiary/aromatic N) is 2. The molecule has 1 aromatic heterocycles. The molecule has 0 aliphatic heterocycles. The Morgan fingerprint density at radius 1 is 1.16 bits per heavy atom. The average Bonchev–Trinajstić information content (AvgIpc) is 2.57. The van der Waals surface area contributed by atoms with E-state index >= 15 is 0 Å². The molecule has 134 valence electrons. The molecule has 0 fully saturated rings. The van der Waals surface area contributed by atoms with Crippen LogP contribution >= 0.6 is 0 Å². The van der Waals surface area contributed by atoms with Crippen LogP contribution in [0.25, 0.3) is 0 Å². The molecule has 0 saturated heterocycles. The van der Waals surface area contributed by atoms with Crippen molar-refractivity contribution in [3.63, 3.8) is 0 Å². The maximum Gasteiger partial charge on any atom is 0.222 e. The molecule has 4 N–H and O–H groups in total. The van der Waals surface area contributed by atoms with Crippen molar-refractivity contribution in [2.45, 2.75) is 19.8 Å². The molecular weight excluding hydrogens is 320 g/mol. The summed E-state index contributed by atoms with van der Waals surface area (Å²) in [4.78, 5) is 7.93. The third-order valence-corrected chi connectivity index (χ3v) is 3.50. The van der Waals surface area contributed by atoms with Crippen molar-refractivity contribution in [1.29, 1.82) is 0 Å². The van der Waals surface area contributed by atoms with Gasteiger partial charge >= 0.3 is 0 Å². The highest BCUT2D eigenvalue weighted by atomic mass is 16.5. The van der Waals surface area contributed by atoms with Gasteiger partial charge in [0.25, 0.3) is 0 Å². The fourth-order valence-corrected chi connectivity index (χ4v) is 2.34. The van der Waals surface area contributed by atoms with Crippen molar-refractivity contribution in [1.82, 2.24) is 9.97 Å². The van der Waals surface area contributed by atoms with E-state index in [4.69, 9.17) is 25.7 Å². The number of aromatic nitrogens is 2. The summed E-state index contributed by atoms with van der Waals surface area (Å²) in [7, 11) is 1.64. The van der Waals surface area contributed by atoms with E-state index in [1.54, 1.807) is 14.0 Å². The average molecular weight is 344 g/mol. The van der Waals surface area contributed by atoms with E-state index in [9.17, 15) is 0 Å². The first-order chi connectivity index (χ1) is 12.0. The van der Waals surface area contributed by atoms with E-state index in [-0.39, 0.29) is 11.8 Å². The largest absolute Gasteiger partial charge is 0.497 e. The Labute approximate surface area is 147 Å². The second-order valence-electron chi connectivity index (χ2n) is 5.40. The summed E-state index contributed by atoms with van der Waals surface area (Å²) < 4.78 is 16.7. The number of hydrogen-bond donors (Lipinski definition) is 2. The molecule has 2 rings (SSSR count). The lowest BCUT2D eigenvalue weighted by molar-refractivity contribution is 0.245. The van der Waals surface area contributed by atoms with Crippen LogP contribution in [0.2, 0.25) is 0 Å². The molecular formula is C18H24N4O3. The Morgan fingerprint density at radius 3 is 2.60 bits per heavy atom. The summed E-state index contributed by atoms with van der Waals surface area (Å²) in [5, 5.41) is 0. The molecule has 0 spiro atoms. The van der Waals surface area contributed by atoms with Gasteiger partial charge in [-0.1, -0.05) is 6.08 Å². The molecule has 0 aliphatic carbocycles. The van der Waals surface area contributed by atoms with Gasteiger partial charge in [0, 0.05) is 12.0 Å². The quantitative estimate of drug-likeness (QED) is 0.532.